The fraction of sp³-hybridized carbons (Fsp3) is 0.846. The van der Waals surface area contributed by atoms with Gasteiger partial charge < -0.3 is 9.67 Å². The first-order valence-corrected chi connectivity index (χ1v) is 6.85. The van der Waals surface area contributed by atoms with E-state index < -0.39 is 0 Å². The van der Waals surface area contributed by atoms with Gasteiger partial charge in [-0.25, -0.2) is 0 Å². The number of aromatic nitrogens is 3. The van der Waals surface area contributed by atoms with E-state index in [9.17, 15) is 5.11 Å². The van der Waals surface area contributed by atoms with Crippen LogP contribution in [0, 0.1) is 5.92 Å². The van der Waals surface area contributed by atoms with E-state index in [0.717, 1.165) is 50.4 Å². The molecular formula is C13H24N4O. The zero-order valence-corrected chi connectivity index (χ0v) is 11.6. The molecule has 2 rings (SSSR count). The van der Waals surface area contributed by atoms with Gasteiger partial charge in [-0.05, 0) is 25.8 Å². The molecule has 0 amide bonds. The number of hydrogen-bond donors (Lipinski definition) is 1. The Morgan fingerprint density at radius 2 is 2.06 bits per heavy atom. The Morgan fingerprint density at radius 3 is 2.61 bits per heavy atom. The minimum absolute atomic E-state index is 0.113. The normalized spacial score (nSPS) is 24.1. The van der Waals surface area contributed by atoms with E-state index in [1.807, 2.05) is 7.05 Å². The molecule has 1 saturated carbocycles. The summed E-state index contributed by atoms with van der Waals surface area (Å²) in [6, 6.07) is 0. The van der Waals surface area contributed by atoms with Crippen LogP contribution >= 0.6 is 0 Å². The van der Waals surface area contributed by atoms with Crippen molar-refractivity contribution >= 4 is 0 Å². The van der Waals surface area contributed by atoms with Crippen molar-refractivity contribution in [1.29, 1.82) is 0 Å². The zero-order valence-electron chi connectivity index (χ0n) is 11.6. The van der Waals surface area contributed by atoms with Crippen LogP contribution in [0.3, 0.4) is 0 Å². The van der Waals surface area contributed by atoms with E-state index in [0.29, 0.717) is 5.92 Å². The second-order valence-corrected chi connectivity index (χ2v) is 5.40. The van der Waals surface area contributed by atoms with Gasteiger partial charge in [-0.1, -0.05) is 13.3 Å². The van der Waals surface area contributed by atoms with Crippen molar-refractivity contribution in [1.82, 2.24) is 19.7 Å². The van der Waals surface area contributed by atoms with Crippen LogP contribution < -0.4 is 0 Å². The summed E-state index contributed by atoms with van der Waals surface area (Å²) in [4.78, 5) is 2.24. The molecule has 0 saturated heterocycles. The molecule has 0 aromatic carbocycles. The molecule has 1 aliphatic rings. The van der Waals surface area contributed by atoms with Crippen LogP contribution in [0.15, 0.2) is 0 Å². The summed E-state index contributed by atoms with van der Waals surface area (Å²) in [7, 11) is 4.11. The third-order valence-corrected chi connectivity index (χ3v) is 3.95. The summed E-state index contributed by atoms with van der Waals surface area (Å²) in [6.07, 6.45) is 4.06. The fourth-order valence-corrected chi connectivity index (χ4v) is 2.78. The molecule has 0 aliphatic heterocycles. The molecule has 2 unspecified atom stereocenters. The molecule has 5 nitrogen and oxygen atoms in total. The number of aryl methyl sites for hydroxylation is 1. The predicted octanol–water partition coefficient (Wildman–Crippen LogP) is 0.970. The Morgan fingerprint density at radius 1 is 1.33 bits per heavy atom. The molecule has 1 N–H and O–H groups in total. The lowest BCUT2D eigenvalue weighted by Gasteiger charge is -2.22. The van der Waals surface area contributed by atoms with Gasteiger partial charge in [0.25, 0.3) is 0 Å². The highest BCUT2D eigenvalue weighted by molar-refractivity contribution is 4.94. The van der Waals surface area contributed by atoms with Gasteiger partial charge in [-0.2, -0.15) is 0 Å². The fourth-order valence-electron chi connectivity index (χ4n) is 2.78. The zero-order chi connectivity index (χ0) is 13.1. The smallest absolute Gasteiger partial charge is 0.146 e. The van der Waals surface area contributed by atoms with Crippen molar-refractivity contribution in [2.75, 3.05) is 13.6 Å². The Bertz CT molecular complexity index is 390. The second-order valence-electron chi connectivity index (χ2n) is 5.40. The highest BCUT2D eigenvalue weighted by Gasteiger charge is 2.26. The van der Waals surface area contributed by atoms with E-state index in [4.69, 9.17) is 0 Å². The Hall–Kier alpha value is -0.940. The minimum atomic E-state index is -0.113. The van der Waals surface area contributed by atoms with Crippen molar-refractivity contribution < 1.29 is 5.11 Å². The van der Waals surface area contributed by atoms with E-state index in [1.54, 1.807) is 0 Å². The summed E-state index contributed by atoms with van der Waals surface area (Å²) < 4.78 is 2.07. The number of hydrogen-bond acceptors (Lipinski definition) is 4. The van der Waals surface area contributed by atoms with Crippen LogP contribution in [-0.4, -0.2) is 44.5 Å². The van der Waals surface area contributed by atoms with Gasteiger partial charge in [0.1, 0.15) is 11.6 Å². The van der Waals surface area contributed by atoms with Gasteiger partial charge in [-0.15, -0.1) is 10.2 Å². The van der Waals surface area contributed by atoms with Crippen LogP contribution in [0.2, 0.25) is 0 Å². The van der Waals surface area contributed by atoms with Gasteiger partial charge in [-0.3, -0.25) is 4.90 Å². The molecule has 0 radical (unpaired) electrons. The van der Waals surface area contributed by atoms with Crippen LogP contribution in [0.25, 0.3) is 0 Å². The Kier molecular flexibility index (Phi) is 4.35. The number of aliphatic hydroxyl groups is 1. The maximum Gasteiger partial charge on any atom is 0.146 e. The SMILES string of the molecule is CCc1nnc(CN(C)CC2CCCC2O)n1C. The number of rotatable bonds is 5. The van der Waals surface area contributed by atoms with Gasteiger partial charge in [0.2, 0.25) is 0 Å². The molecule has 5 heteroatoms. The molecule has 102 valence electrons. The van der Waals surface area contributed by atoms with Gasteiger partial charge >= 0.3 is 0 Å². The van der Waals surface area contributed by atoms with Crippen LogP contribution in [-0.2, 0) is 20.0 Å². The first kappa shape index (κ1) is 13.5. The molecular weight excluding hydrogens is 228 g/mol. The molecule has 0 bridgehead atoms. The third-order valence-electron chi connectivity index (χ3n) is 3.95. The maximum atomic E-state index is 9.84. The summed E-state index contributed by atoms with van der Waals surface area (Å²) in [5.74, 6) is 2.45. The van der Waals surface area contributed by atoms with Gasteiger partial charge in [0, 0.05) is 20.0 Å². The summed E-state index contributed by atoms with van der Waals surface area (Å²) in [6.45, 7) is 3.83. The second kappa shape index (κ2) is 5.80. The Labute approximate surface area is 109 Å². The quantitative estimate of drug-likeness (QED) is 0.848. The molecule has 1 heterocycles. The molecule has 1 aromatic heterocycles. The van der Waals surface area contributed by atoms with E-state index in [1.165, 1.54) is 0 Å². The van der Waals surface area contributed by atoms with Crippen molar-refractivity contribution in [2.45, 2.75) is 45.3 Å². The average molecular weight is 252 g/mol. The molecule has 1 aromatic rings. The van der Waals surface area contributed by atoms with Gasteiger partial charge in [0.05, 0.1) is 12.6 Å². The van der Waals surface area contributed by atoms with Gasteiger partial charge in [0.15, 0.2) is 0 Å². The summed E-state index contributed by atoms with van der Waals surface area (Å²) in [5, 5.41) is 18.2. The third kappa shape index (κ3) is 2.90. The summed E-state index contributed by atoms with van der Waals surface area (Å²) >= 11 is 0. The lowest BCUT2D eigenvalue weighted by molar-refractivity contribution is 0.107. The van der Waals surface area contributed by atoms with Crippen LogP contribution in [0.1, 0.15) is 37.8 Å². The average Bonchev–Trinajstić information content (AvgIpc) is 2.88. The Balaban J connectivity index is 1.90. The standard InChI is InChI=1S/C13H24N4O/c1-4-12-14-15-13(17(12)3)9-16(2)8-10-6-5-7-11(10)18/h10-11,18H,4-9H2,1-3H3. The minimum Gasteiger partial charge on any atom is -0.393 e. The number of aliphatic hydroxyl groups excluding tert-OH is 1. The highest BCUT2D eigenvalue weighted by Crippen LogP contribution is 2.26. The monoisotopic (exact) mass is 252 g/mol. The van der Waals surface area contributed by atoms with E-state index in [-0.39, 0.29) is 6.10 Å². The van der Waals surface area contributed by atoms with Crippen molar-refractivity contribution in [3.63, 3.8) is 0 Å². The molecule has 1 fully saturated rings. The molecule has 1 aliphatic carbocycles. The predicted molar refractivity (Wildman–Crippen MR) is 70.1 cm³/mol. The van der Waals surface area contributed by atoms with Crippen LogP contribution in [0.4, 0.5) is 0 Å². The molecule has 18 heavy (non-hydrogen) atoms. The lowest BCUT2D eigenvalue weighted by Crippen LogP contribution is -2.30. The molecule has 0 spiro atoms. The highest BCUT2D eigenvalue weighted by atomic mass is 16.3. The van der Waals surface area contributed by atoms with Crippen molar-refractivity contribution in [3.05, 3.63) is 11.6 Å². The summed E-state index contributed by atoms with van der Waals surface area (Å²) in [5.41, 5.74) is 0. The topological polar surface area (TPSA) is 54.2 Å². The van der Waals surface area contributed by atoms with Crippen molar-refractivity contribution in [3.8, 4) is 0 Å². The van der Waals surface area contributed by atoms with E-state index >= 15 is 0 Å². The van der Waals surface area contributed by atoms with Crippen molar-refractivity contribution in [2.24, 2.45) is 13.0 Å². The van der Waals surface area contributed by atoms with E-state index in [2.05, 4.69) is 33.6 Å². The lowest BCUT2D eigenvalue weighted by atomic mass is 10.1. The molecule has 2 atom stereocenters. The maximum absolute atomic E-state index is 9.84. The number of nitrogens with zero attached hydrogens (tertiary/aromatic N) is 4. The van der Waals surface area contributed by atoms with Crippen LogP contribution in [0.5, 0.6) is 0 Å². The largest absolute Gasteiger partial charge is 0.393 e. The first-order valence-electron chi connectivity index (χ1n) is 6.85. The first-order chi connectivity index (χ1) is 8.61.